The van der Waals surface area contributed by atoms with Gasteiger partial charge < -0.3 is 5.11 Å². The third-order valence-corrected chi connectivity index (χ3v) is 4.20. The maximum Gasteiger partial charge on any atom is 0.125 e. The zero-order chi connectivity index (χ0) is 15.8. The summed E-state index contributed by atoms with van der Waals surface area (Å²) < 4.78 is 0. The van der Waals surface area contributed by atoms with Gasteiger partial charge in [0.05, 0.1) is 5.71 Å². The lowest BCUT2D eigenvalue weighted by Gasteiger charge is -2.11. The van der Waals surface area contributed by atoms with Crippen LogP contribution >= 0.6 is 0 Å². The van der Waals surface area contributed by atoms with Gasteiger partial charge >= 0.3 is 0 Å². The molecule has 2 heteroatoms. The first-order valence-corrected chi connectivity index (χ1v) is 7.53. The summed E-state index contributed by atoms with van der Waals surface area (Å²) >= 11 is 0. The fourth-order valence-electron chi connectivity index (χ4n) is 3.01. The molecule has 0 saturated carbocycles. The second-order valence-electron chi connectivity index (χ2n) is 5.62. The molecule has 4 aromatic carbocycles. The van der Waals surface area contributed by atoms with Gasteiger partial charge in [-0.25, -0.2) is 0 Å². The highest BCUT2D eigenvalue weighted by molar-refractivity contribution is 6.20. The minimum atomic E-state index is 0.141. The van der Waals surface area contributed by atoms with E-state index in [1.165, 1.54) is 0 Å². The first kappa shape index (κ1) is 13.5. The fraction of sp³-hybridized carbons (Fsp3) is 0. The molecule has 2 nitrogen and oxygen atoms in total. The Balaban J connectivity index is 1.92. The van der Waals surface area contributed by atoms with Crippen molar-refractivity contribution >= 4 is 27.3 Å². The predicted molar refractivity (Wildman–Crippen MR) is 95.5 cm³/mol. The molecular weight excluding hydrogens is 282 g/mol. The lowest BCUT2D eigenvalue weighted by Crippen LogP contribution is -2.03. The van der Waals surface area contributed by atoms with Crippen molar-refractivity contribution in [1.82, 2.24) is 0 Å². The van der Waals surface area contributed by atoms with E-state index in [1.54, 1.807) is 6.07 Å². The molecule has 4 aromatic rings. The first-order chi connectivity index (χ1) is 11.2. The third-order valence-electron chi connectivity index (χ3n) is 4.20. The van der Waals surface area contributed by atoms with Gasteiger partial charge in [0.1, 0.15) is 5.75 Å². The number of hydrogen-bond acceptors (Lipinski definition) is 2. The number of phenolic OH excluding ortho intramolecular Hbond substituents is 1. The number of fused-ring (bicyclic) bond motifs is 2. The smallest absolute Gasteiger partial charge is 0.125 e. The van der Waals surface area contributed by atoms with Gasteiger partial charge in [0.15, 0.2) is 0 Å². The summed E-state index contributed by atoms with van der Waals surface area (Å²) in [5, 5.41) is 23.1. The lowest BCUT2D eigenvalue weighted by atomic mass is 9.94. The number of benzene rings is 4. The van der Waals surface area contributed by atoms with Gasteiger partial charge in [0.2, 0.25) is 0 Å². The van der Waals surface area contributed by atoms with E-state index >= 15 is 0 Å². The first-order valence-electron chi connectivity index (χ1n) is 7.53. The van der Waals surface area contributed by atoms with Crippen molar-refractivity contribution < 1.29 is 5.11 Å². The van der Waals surface area contributed by atoms with Gasteiger partial charge in [-0.1, -0.05) is 66.7 Å². The molecule has 0 aliphatic rings. The number of phenols is 1. The van der Waals surface area contributed by atoms with Gasteiger partial charge in [0, 0.05) is 11.1 Å². The molecule has 0 amide bonds. The van der Waals surface area contributed by atoms with Crippen LogP contribution in [-0.2, 0) is 0 Å². The quantitative estimate of drug-likeness (QED) is 0.496. The van der Waals surface area contributed by atoms with Crippen LogP contribution in [0, 0.1) is 5.41 Å². The molecule has 0 aliphatic heterocycles. The van der Waals surface area contributed by atoms with E-state index in [-0.39, 0.29) is 5.75 Å². The number of aromatic hydroxyl groups is 1. The molecular formula is C21H15NO. The SMILES string of the molecule is N=C(c1ccc2ccccc2c1)c1c(O)ccc2ccccc12. The molecule has 0 aromatic heterocycles. The molecule has 23 heavy (non-hydrogen) atoms. The van der Waals surface area contributed by atoms with Gasteiger partial charge in [-0.2, -0.15) is 0 Å². The largest absolute Gasteiger partial charge is 0.507 e. The molecule has 110 valence electrons. The molecule has 0 atom stereocenters. The van der Waals surface area contributed by atoms with Crippen LogP contribution in [0.3, 0.4) is 0 Å². The number of nitrogens with one attached hydrogen (secondary N) is 1. The van der Waals surface area contributed by atoms with Gasteiger partial charge in [-0.3, -0.25) is 5.41 Å². The summed E-state index contributed by atoms with van der Waals surface area (Å²) in [5.41, 5.74) is 1.72. The predicted octanol–water partition coefficient (Wildman–Crippen LogP) is 5.11. The Bertz CT molecular complexity index is 1050. The van der Waals surface area contributed by atoms with Crippen molar-refractivity contribution in [2.24, 2.45) is 0 Å². The summed E-state index contributed by atoms with van der Waals surface area (Å²) in [5.74, 6) is 0.141. The monoisotopic (exact) mass is 297 g/mol. The molecule has 2 N–H and O–H groups in total. The second kappa shape index (κ2) is 5.25. The number of rotatable bonds is 2. The van der Waals surface area contributed by atoms with Crippen molar-refractivity contribution in [1.29, 1.82) is 5.41 Å². The van der Waals surface area contributed by atoms with E-state index in [0.29, 0.717) is 11.3 Å². The highest BCUT2D eigenvalue weighted by Gasteiger charge is 2.14. The highest BCUT2D eigenvalue weighted by atomic mass is 16.3. The van der Waals surface area contributed by atoms with E-state index in [2.05, 4.69) is 6.07 Å². The summed E-state index contributed by atoms with van der Waals surface area (Å²) in [4.78, 5) is 0. The fourth-order valence-corrected chi connectivity index (χ4v) is 3.01. The average Bonchev–Trinajstić information content (AvgIpc) is 2.60. The zero-order valence-electron chi connectivity index (χ0n) is 12.5. The van der Waals surface area contributed by atoms with Gasteiger partial charge in [-0.15, -0.1) is 0 Å². The molecule has 0 unspecified atom stereocenters. The van der Waals surface area contributed by atoms with Crippen molar-refractivity contribution in [3.05, 3.63) is 90.0 Å². The van der Waals surface area contributed by atoms with Crippen molar-refractivity contribution in [2.45, 2.75) is 0 Å². The third kappa shape index (κ3) is 2.25. The van der Waals surface area contributed by atoms with E-state index in [1.807, 2.05) is 66.7 Å². The van der Waals surface area contributed by atoms with E-state index in [4.69, 9.17) is 5.41 Å². The Morgan fingerprint density at radius 3 is 2.17 bits per heavy atom. The topological polar surface area (TPSA) is 44.1 Å². The van der Waals surface area contributed by atoms with E-state index in [0.717, 1.165) is 27.1 Å². The molecule has 0 saturated heterocycles. The van der Waals surface area contributed by atoms with Gasteiger partial charge in [-0.05, 0) is 33.7 Å². The molecule has 0 spiro atoms. The van der Waals surface area contributed by atoms with Crippen LogP contribution in [0.25, 0.3) is 21.5 Å². The van der Waals surface area contributed by atoms with Crippen LogP contribution in [0.4, 0.5) is 0 Å². The Labute approximate surface area is 134 Å². The minimum Gasteiger partial charge on any atom is -0.507 e. The standard InChI is InChI=1S/C21H15NO/c22-21(17-10-9-14-5-1-2-7-16(14)13-17)20-18-8-4-3-6-15(18)11-12-19(20)23/h1-13,22-23H. The Morgan fingerprint density at radius 2 is 1.35 bits per heavy atom. The Hall–Kier alpha value is -3.13. The molecule has 0 fully saturated rings. The van der Waals surface area contributed by atoms with E-state index in [9.17, 15) is 5.11 Å². The van der Waals surface area contributed by atoms with Crippen LogP contribution in [-0.4, -0.2) is 10.8 Å². The van der Waals surface area contributed by atoms with Crippen LogP contribution < -0.4 is 0 Å². The second-order valence-corrected chi connectivity index (χ2v) is 5.62. The van der Waals surface area contributed by atoms with Gasteiger partial charge in [0.25, 0.3) is 0 Å². The maximum absolute atomic E-state index is 10.3. The summed E-state index contributed by atoms with van der Waals surface area (Å²) in [6, 6.07) is 25.4. The molecule has 0 bridgehead atoms. The highest BCUT2D eigenvalue weighted by Crippen LogP contribution is 2.30. The molecule has 4 rings (SSSR count). The Morgan fingerprint density at radius 1 is 0.696 bits per heavy atom. The van der Waals surface area contributed by atoms with Crippen molar-refractivity contribution in [2.75, 3.05) is 0 Å². The normalized spacial score (nSPS) is 11.0. The lowest BCUT2D eigenvalue weighted by molar-refractivity contribution is 0.475. The molecule has 0 aliphatic carbocycles. The van der Waals surface area contributed by atoms with Crippen molar-refractivity contribution in [3.8, 4) is 5.75 Å². The summed E-state index contributed by atoms with van der Waals surface area (Å²) in [6.07, 6.45) is 0. The maximum atomic E-state index is 10.3. The van der Waals surface area contributed by atoms with Crippen LogP contribution in [0.5, 0.6) is 5.75 Å². The zero-order valence-corrected chi connectivity index (χ0v) is 12.5. The summed E-state index contributed by atoms with van der Waals surface area (Å²) in [7, 11) is 0. The van der Waals surface area contributed by atoms with E-state index < -0.39 is 0 Å². The van der Waals surface area contributed by atoms with Crippen LogP contribution in [0.1, 0.15) is 11.1 Å². The van der Waals surface area contributed by atoms with Crippen LogP contribution in [0.2, 0.25) is 0 Å². The summed E-state index contributed by atoms with van der Waals surface area (Å²) in [6.45, 7) is 0. The van der Waals surface area contributed by atoms with Crippen molar-refractivity contribution in [3.63, 3.8) is 0 Å². The Kier molecular flexibility index (Phi) is 3.09. The van der Waals surface area contributed by atoms with Crippen LogP contribution in [0.15, 0.2) is 78.9 Å². The molecule has 0 radical (unpaired) electrons. The molecule has 0 heterocycles. The number of hydrogen-bond donors (Lipinski definition) is 2. The average molecular weight is 297 g/mol. The minimum absolute atomic E-state index is 0.141.